The van der Waals surface area contributed by atoms with Gasteiger partial charge in [-0.25, -0.2) is 0 Å². The minimum absolute atomic E-state index is 0.0833. The molecule has 0 rings (SSSR count). The van der Waals surface area contributed by atoms with Gasteiger partial charge in [-0.05, 0) is 6.42 Å². The summed E-state index contributed by atoms with van der Waals surface area (Å²) in [6.45, 7) is 0. The van der Waals surface area contributed by atoms with Gasteiger partial charge in [0.25, 0.3) is 0 Å². The third-order valence-electron chi connectivity index (χ3n) is 0.666. The van der Waals surface area contributed by atoms with Crippen LogP contribution in [0.1, 0.15) is 6.42 Å². The molecule has 0 bridgehead atoms. The maximum Gasteiger partial charge on any atom is 0.0389 e. The first kappa shape index (κ1) is 7.68. The molecule has 0 saturated heterocycles. The van der Waals surface area contributed by atoms with Gasteiger partial charge in [0.05, 0.1) is 0 Å². The van der Waals surface area contributed by atoms with E-state index in [2.05, 4.69) is 0 Å². The van der Waals surface area contributed by atoms with Crippen molar-refractivity contribution in [2.24, 2.45) is 0 Å². The molecule has 0 radical (unpaired) electrons. The first-order valence-electron chi connectivity index (χ1n) is 2.45. The van der Waals surface area contributed by atoms with Crippen molar-refractivity contribution in [1.82, 2.24) is 0 Å². The molecule has 0 aromatic rings. The molecule has 1 nitrogen and oxygen atoms in total. The minimum Gasteiger partial charge on any atom is -0.398 e. The predicted molar refractivity (Wildman–Crippen MR) is 40.1 cm³/mol. The molecule has 0 spiro atoms. The van der Waals surface area contributed by atoms with Crippen LogP contribution in [0, 0.1) is 0 Å². The van der Waals surface area contributed by atoms with Crippen molar-refractivity contribution in [1.29, 1.82) is 0 Å². The van der Waals surface area contributed by atoms with Gasteiger partial charge in [-0.1, -0.05) is 0 Å². The van der Waals surface area contributed by atoms with Crippen molar-refractivity contribution in [3.8, 4) is 0 Å². The molecule has 2 unspecified atom stereocenters. The van der Waals surface area contributed by atoms with Crippen molar-refractivity contribution < 1.29 is 5.11 Å². The van der Waals surface area contributed by atoms with Gasteiger partial charge < -0.3 is 5.11 Å². The zero-order valence-corrected chi connectivity index (χ0v) is 9.44. The molecule has 0 fully saturated rings. The Morgan fingerprint density at radius 3 is 2.00 bits per heavy atom. The molecule has 0 aliphatic rings. The summed E-state index contributed by atoms with van der Waals surface area (Å²) in [5.41, 5.74) is -0.0833. The van der Waals surface area contributed by atoms with E-state index in [1.54, 1.807) is 0 Å². The van der Waals surface area contributed by atoms with E-state index in [4.69, 9.17) is 16.7 Å². The van der Waals surface area contributed by atoms with E-state index in [1.165, 1.54) is 0 Å². The van der Waals surface area contributed by atoms with Crippen molar-refractivity contribution in [2.45, 2.75) is 17.1 Å². The lowest BCUT2D eigenvalue weighted by Gasteiger charge is -2.02. The molecule has 1 N–H and O–H groups in total. The van der Waals surface area contributed by atoms with Crippen LogP contribution in [0.4, 0.5) is 0 Å². The lowest BCUT2D eigenvalue weighted by Crippen LogP contribution is -2.12. The van der Waals surface area contributed by atoms with Crippen LogP contribution in [0.25, 0.3) is 0 Å². The summed E-state index contributed by atoms with van der Waals surface area (Å²) in [6, 6.07) is 0. The number of aliphatic hydroxyl groups excluding tert-OH is 1. The fraction of sp³-hybridized carbons (Fsp3) is 1.00. The fourth-order valence-corrected chi connectivity index (χ4v) is 3.36. The number of hydrogen-bond acceptors (Lipinski definition) is 1. The fourth-order valence-electron chi connectivity index (χ4n) is 0.470. The summed E-state index contributed by atoms with van der Waals surface area (Å²) in [5.74, 6) is 0. The number of aliphatic hydroxyl groups is 1. The van der Waals surface area contributed by atoms with Crippen molar-refractivity contribution in [3.63, 3.8) is 0 Å². The highest BCUT2D eigenvalue weighted by atomic mass is 35.5. The highest BCUT2D eigenvalue weighted by Gasteiger charge is 1.99. The van der Waals surface area contributed by atoms with Crippen LogP contribution in [0.15, 0.2) is 0 Å². The zero-order chi connectivity index (χ0) is 5.86. The number of hydrogen-bond donors (Lipinski definition) is 1. The second kappa shape index (κ2) is 3.66. The summed E-state index contributed by atoms with van der Waals surface area (Å²) < 4.78 is 0. The third kappa shape index (κ3) is 6.68. The van der Waals surface area contributed by atoms with E-state index < -0.39 is 0 Å². The van der Waals surface area contributed by atoms with E-state index in [9.17, 15) is 0 Å². The monoisotopic (exact) mass is 154 g/mol. The van der Waals surface area contributed by atoms with Crippen LogP contribution in [0.5, 0.6) is 0 Å². The molecular weight excluding hydrogens is 144 g/mol. The van der Waals surface area contributed by atoms with E-state index in [0.29, 0.717) is 0 Å². The zero-order valence-electron chi connectivity index (χ0n) is 4.69. The summed E-state index contributed by atoms with van der Waals surface area (Å²) in [4.78, 5) is 0. The molecule has 0 saturated carbocycles. The van der Waals surface area contributed by atoms with Crippen LogP contribution < -0.4 is 0 Å². The van der Waals surface area contributed by atoms with Crippen molar-refractivity contribution in [2.75, 3.05) is 0 Å². The topological polar surface area (TPSA) is 20.2 Å². The van der Waals surface area contributed by atoms with E-state index in [-0.39, 0.29) is 10.7 Å². The van der Waals surface area contributed by atoms with Crippen LogP contribution in [-0.2, 0) is 0 Å². The van der Waals surface area contributed by atoms with Crippen molar-refractivity contribution >= 4 is 32.1 Å². The van der Waals surface area contributed by atoms with Gasteiger partial charge in [-0.15, -0.1) is 11.6 Å². The number of rotatable bonds is 2. The largest absolute Gasteiger partial charge is 0.398 e. The standard InChI is InChI=1S/C3H11ClOSi2/c4-2(6)1-3(5)7/h2-3,5H,1H2,6-7H3. The Kier molecular flexibility index (Phi) is 4.01. The molecule has 0 aromatic heterocycles. The van der Waals surface area contributed by atoms with Crippen LogP contribution >= 0.6 is 11.6 Å². The first-order chi connectivity index (χ1) is 3.13. The minimum atomic E-state index is -0.0833. The molecule has 0 aromatic carbocycles. The van der Waals surface area contributed by atoms with Gasteiger partial charge in [0.15, 0.2) is 0 Å². The summed E-state index contributed by atoms with van der Waals surface area (Å²) >= 11 is 5.60. The van der Waals surface area contributed by atoms with Crippen molar-refractivity contribution in [3.05, 3.63) is 0 Å². The molecule has 0 aliphatic heterocycles. The van der Waals surface area contributed by atoms with Crippen LogP contribution in [0.2, 0.25) is 0 Å². The normalized spacial score (nSPS) is 19.7. The van der Waals surface area contributed by atoms with E-state index >= 15 is 0 Å². The maximum absolute atomic E-state index is 8.72. The molecule has 7 heavy (non-hydrogen) atoms. The van der Waals surface area contributed by atoms with Crippen LogP contribution in [-0.4, -0.2) is 36.3 Å². The second-order valence-electron chi connectivity index (χ2n) is 1.87. The predicted octanol–water partition coefficient (Wildman–Crippen LogP) is -2.01. The molecule has 44 valence electrons. The highest BCUT2D eigenvalue weighted by molar-refractivity contribution is 6.40. The smallest absolute Gasteiger partial charge is 0.0389 e. The lowest BCUT2D eigenvalue weighted by atomic mass is 10.5. The Morgan fingerprint density at radius 1 is 1.57 bits per heavy atom. The molecular formula is C3H11ClOSi2. The van der Waals surface area contributed by atoms with E-state index in [0.717, 1.165) is 26.9 Å². The Labute approximate surface area is 54.9 Å². The number of halogens is 1. The highest BCUT2D eigenvalue weighted by Crippen LogP contribution is 1.97. The third-order valence-corrected chi connectivity index (χ3v) is 1.79. The Hall–Kier alpha value is 0.684. The average molecular weight is 155 g/mol. The van der Waals surface area contributed by atoms with Gasteiger partial charge in [0.1, 0.15) is 0 Å². The second-order valence-corrected chi connectivity index (χ2v) is 6.07. The molecule has 0 amide bonds. The molecule has 0 heterocycles. The van der Waals surface area contributed by atoms with Crippen LogP contribution in [0.3, 0.4) is 0 Å². The molecule has 4 heteroatoms. The summed E-state index contributed by atoms with van der Waals surface area (Å²) in [5, 5.41) is 8.99. The molecule has 0 aliphatic carbocycles. The SMILES string of the molecule is OC([SiH3])CC([SiH3])Cl. The van der Waals surface area contributed by atoms with E-state index in [1.807, 2.05) is 0 Å². The van der Waals surface area contributed by atoms with Gasteiger partial charge in [0.2, 0.25) is 0 Å². The molecule has 2 atom stereocenters. The Morgan fingerprint density at radius 2 is 2.00 bits per heavy atom. The summed E-state index contributed by atoms with van der Waals surface area (Å²) in [7, 11) is 1.85. The van der Waals surface area contributed by atoms with Gasteiger partial charge >= 0.3 is 0 Å². The average Bonchev–Trinajstić information content (AvgIpc) is 1.27. The van der Waals surface area contributed by atoms with Gasteiger partial charge in [0, 0.05) is 31.2 Å². The summed E-state index contributed by atoms with van der Waals surface area (Å²) in [6.07, 6.45) is 0.806. The Balaban J connectivity index is 2.95. The van der Waals surface area contributed by atoms with Gasteiger partial charge in [-0.2, -0.15) is 0 Å². The maximum atomic E-state index is 8.72. The quantitative estimate of drug-likeness (QED) is 0.360. The Bertz CT molecular complexity index is 42.2. The number of alkyl halides is 1. The van der Waals surface area contributed by atoms with Gasteiger partial charge in [-0.3, -0.25) is 0 Å². The first-order valence-corrected chi connectivity index (χ1v) is 5.19. The lowest BCUT2D eigenvalue weighted by molar-refractivity contribution is 0.250.